The van der Waals surface area contributed by atoms with Gasteiger partial charge in [-0.2, -0.15) is 0 Å². The van der Waals surface area contributed by atoms with E-state index in [2.05, 4.69) is 15.3 Å². The molecule has 5 rings (SSSR count). The van der Waals surface area contributed by atoms with Crippen LogP contribution in [0, 0.1) is 0 Å². The second-order valence-corrected chi connectivity index (χ2v) is 7.99. The van der Waals surface area contributed by atoms with E-state index >= 15 is 0 Å². The van der Waals surface area contributed by atoms with Gasteiger partial charge in [-0.05, 0) is 17.7 Å². The van der Waals surface area contributed by atoms with Gasteiger partial charge in [0.1, 0.15) is 11.6 Å². The van der Waals surface area contributed by atoms with Crippen LogP contribution in [-0.4, -0.2) is 63.1 Å². The number of aromatic amines is 1. The van der Waals surface area contributed by atoms with Crippen LogP contribution < -0.4 is 10.1 Å². The minimum absolute atomic E-state index is 0.171. The number of carbonyl (C=O) groups is 2. The fourth-order valence-electron chi connectivity index (χ4n) is 4.18. The summed E-state index contributed by atoms with van der Waals surface area (Å²) in [5.41, 5.74) is 1.34. The first-order valence-electron chi connectivity index (χ1n) is 10.1. The lowest BCUT2D eigenvalue weighted by Crippen LogP contribution is -2.74. The lowest BCUT2D eigenvalue weighted by atomic mass is 9.88. The van der Waals surface area contributed by atoms with Crippen LogP contribution >= 0.6 is 0 Å². The van der Waals surface area contributed by atoms with Crippen molar-refractivity contribution in [2.45, 2.75) is 18.1 Å². The zero-order valence-corrected chi connectivity index (χ0v) is 16.7. The van der Waals surface area contributed by atoms with Crippen molar-refractivity contribution < 1.29 is 19.4 Å². The molecule has 2 aromatic carbocycles. The van der Waals surface area contributed by atoms with E-state index in [1.807, 2.05) is 36.4 Å². The number of hydrogen-bond donors (Lipinski definition) is 3. The highest BCUT2D eigenvalue weighted by Gasteiger charge is 2.47. The number of hydrogen-bond acceptors (Lipinski definition) is 5. The predicted molar refractivity (Wildman–Crippen MR) is 112 cm³/mol. The molecule has 2 amide bonds. The molecule has 1 fully saturated rings. The third-order valence-electron chi connectivity index (χ3n) is 5.82. The third-order valence-corrected chi connectivity index (χ3v) is 5.82. The fraction of sp³-hybridized carbons (Fsp3) is 0.261. The molecule has 8 heteroatoms. The number of amides is 2. The summed E-state index contributed by atoms with van der Waals surface area (Å²) in [4.78, 5) is 34.8. The molecule has 1 aromatic heterocycles. The summed E-state index contributed by atoms with van der Waals surface area (Å²) in [5.74, 6) is 0.868. The number of fused-ring (bicyclic) bond motifs is 1. The number of para-hydroxylation sites is 1. The monoisotopic (exact) mass is 418 g/mol. The maximum Gasteiger partial charge on any atom is 0.262 e. The first-order chi connectivity index (χ1) is 15.1. The molecule has 0 aliphatic carbocycles. The summed E-state index contributed by atoms with van der Waals surface area (Å²) in [6, 6.07) is 14.8. The van der Waals surface area contributed by atoms with E-state index in [1.54, 1.807) is 29.4 Å². The number of nitrogens with one attached hydrogen (secondary N) is 2. The molecule has 0 bridgehead atoms. The van der Waals surface area contributed by atoms with Gasteiger partial charge in [-0.25, -0.2) is 4.98 Å². The first kappa shape index (κ1) is 19.3. The van der Waals surface area contributed by atoms with E-state index in [1.165, 1.54) is 0 Å². The van der Waals surface area contributed by atoms with Gasteiger partial charge in [-0.3, -0.25) is 9.59 Å². The average molecular weight is 418 g/mol. The van der Waals surface area contributed by atoms with E-state index < -0.39 is 11.6 Å². The van der Waals surface area contributed by atoms with E-state index in [9.17, 15) is 14.7 Å². The minimum Gasteiger partial charge on any atom is -0.480 e. The smallest absolute Gasteiger partial charge is 0.262 e. The van der Waals surface area contributed by atoms with Gasteiger partial charge in [0, 0.05) is 37.5 Å². The Morgan fingerprint density at radius 3 is 2.71 bits per heavy atom. The van der Waals surface area contributed by atoms with Gasteiger partial charge >= 0.3 is 0 Å². The number of likely N-dealkylation sites (tertiary alicyclic amines) is 1. The van der Waals surface area contributed by atoms with Crippen molar-refractivity contribution in [1.82, 2.24) is 20.2 Å². The number of H-pyrrole nitrogens is 1. The van der Waals surface area contributed by atoms with Crippen molar-refractivity contribution in [2.75, 3.05) is 19.7 Å². The highest BCUT2D eigenvalue weighted by Crippen LogP contribution is 2.30. The molecular formula is C23H22N4O4. The van der Waals surface area contributed by atoms with Crippen molar-refractivity contribution in [3.63, 3.8) is 0 Å². The number of aliphatic hydroxyl groups is 1. The van der Waals surface area contributed by atoms with Crippen molar-refractivity contribution >= 4 is 11.8 Å². The summed E-state index contributed by atoms with van der Waals surface area (Å²) >= 11 is 0. The van der Waals surface area contributed by atoms with Crippen molar-refractivity contribution in [3.05, 3.63) is 72.1 Å². The number of aliphatic hydroxyl groups excluding tert-OH is 1. The summed E-state index contributed by atoms with van der Waals surface area (Å²) in [6.07, 6.45) is 3.19. The van der Waals surface area contributed by atoms with Gasteiger partial charge in [0.05, 0.1) is 17.7 Å². The molecule has 31 heavy (non-hydrogen) atoms. The van der Waals surface area contributed by atoms with E-state index in [0.29, 0.717) is 29.1 Å². The Hall–Kier alpha value is -3.65. The fourth-order valence-corrected chi connectivity index (χ4v) is 4.18. The standard InChI is InChI=1S/C23H22N4O4/c28-14-23(26-21(29)19-11-15-5-1-4-8-18(15)31-19)12-27(13-23)22(30)17-7-3-2-6-16(17)20-24-9-10-25-20/h1-10,19,28H,11-14H2,(H,24,25)(H,26,29). The molecule has 0 saturated carbocycles. The van der Waals surface area contributed by atoms with Crippen molar-refractivity contribution in [3.8, 4) is 17.1 Å². The van der Waals surface area contributed by atoms with Crippen LogP contribution in [0.15, 0.2) is 60.9 Å². The lowest BCUT2D eigenvalue weighted by molar-refractivity contribution is -0.132. The SMILES string of the molecule is O=C(NC1(CO)CN(C(=O)c2ccccc2-c2ncc[nH]2)C1)C1Cc2ccccc2O1. The summed E-state index contributed by atoms with van der Waals surface area (Å²) < 4.78 is 5.74. The van der Waals surface area contributed by atoms with Gasteiger partial charge in [-0.15, -0.1) is 0 Å². The van der Waals surface area contributed by atoms with Crippen molar-refractivity contribution in [2.24, 2.45) is 0 Å². The van der Waals surface area contributed by atoms with Crippen LogP contribution in [0.1, 0.15) is 15.9 Å². The molecule has 1 atom stereocenters. The maximum absolute atomic E-state index is 13.1. The zero-order valence-electron chi connectivity index (χ0n) is 16.7. The second kappa shape index (κ2) is 7.55. The number of imidazole rings is 1. The van der Waals surface area contributed by atoms with Crippen LogP contribution in [0.3, 0.4) is 0 Å². The van der Waals surface area contributed by atoms with Gasteiger partial charge in [0.15, 0.2) is 6.10 Å². The normalized spacial score (nSPS) is 18.6. The molecule has 2 aliphatic heterocycles. The average Bonchev–Trinajstić information content (AvgIpc) is 3.45. The highest BCUT2D eigenvalue weighted by atomic mass is 16.5. The van der Waals surface area contributed by atoms with Crippen LogP contribution in [0.25, 0.3) is 11.4 Å². The van der Waals surface area contributed by atoms with E-state index in [4.69, 9.17) is 4.74 Å². The minimum atomic E-state index is -0.871. The molecule has 2 aliphatic rings. The number of benzene rings is 2. The number of ether oxygens (including phenoxy) is 1. The van der Waals surface area contributed by atoms with E-state index in [0.717, 1.165) is 5.56 Å². The van der Waals surface area contributed by atoms with Crippen LogP contribution in [-0.2, 0) is 11.2 Å². The molecule has 3 aromatic rings. The maximum atomic E-state index is 13.1. The number of nitrogens with zero attached hydrogens (tertiary/aromatic N) is 2. The van der Waals surface area contributed by atoms with Crippen molar-refractivity contribution in [1.29, 1.82) is 0 Å². The van der Waals surface area contributed by atoms with Gasteiger partial charge in [0.25, 0.3) is 11.8 Å². The molecule has 0 radical (unpaired) electrons. The van der Waals surface area contributed by atoms with Gasteiger partial charge < -0.3 is 25.0 Å². The van der Waals surface area contributed by atoms with Crippen LogP contribution in [0.4, 0.5) is 0 Å². The van der Waals surface area contributed by atoms with E-state index in [-0.39, 0.29) is 31.5 Å². The molecule has 1 unspecified atom stereocenters. The molecule has 3 heterocycles. The quantitative estimate of drug-likeness (QED) is 0.580. The summed E-state index contributed by atoms with van der Waals surface area (Å²) in [5, 5.41) is 12.9. The van der Waals surface area contributed by atoms with Crippen LogP contribution in [0.5, 0.6) is 5.75 Å². The Morgan fingerprint density at radius 2 is 1.97 bits per heavy atom. The summed E-state index contributed by atoms with van der Waals surface area (Å²) in [6.45, 7) is 0.183. The Morgan fingerprint density at radius 1 is 1.19 bits per heavy atom. The number of aromatic nitrogens is 2. The molecule has 1 saturated heterocycles. The zero-order chi connectivity index (χ0) is 21.4. The second-order valence-electron chi connectivity index (χ2n) is 7.99. The molecule has 0 spiro atoms. The van der Waals surface area contributed by atoms with Gasteiger partial charge in [-0.1, -0.05) is 36.4 Å². The number of rotatable bonds is 5. The highest BCUT2D eigenvalue weighted by molar-refractivity contribution is 6.01. The van der Waals surface area contributed by atoms with Crippen LogP contribution in [0.2, 0.25) is 0 Å². The Balaban J connectivity index is 1.26. The Labute approximate surface area is 178 Å². The molecule has 158 valence electrons. The predicted octanol–water partition coefficient (Wildman–Crippen LogP) is 1.38. The first-order valence-corrected chi connectivity index (χ1v) is 10.1. The Kier molecular flexibility index (Phi) is 4.71. The summed E-state index contributed by atoms with van der Waals surface area (Å²) in [7, 11) is 0. The lowest BCUT2D eigenvalue weighted by Gasteiger charge is -2.49. The molecule has 8 nitrogen and oxygen atoms in total. The topological polar surface area (TPSA) is 108 Å². The number of carbonyl (C=O) groups excluding carboxylic acids is 2. The van der Waals surface area contributed by atoms with Gasteiger partial charge in [0.2, 0.25) is 0 Å². The largest absolute Gasteiger partial charge is 0.480 e. The molecular weight excluding hydrogens is 396 g/mol. The molecule has 3 N–H and O–H groups in total. The third kappa shape index (κ3) is 3.44. The Bertz CT molecular complexity index is 1100.